The molecule has 0 aliphatic carbocycles. The Kier molecular flexibility index (Phi) is 3.83. The van der Waals surface area contributed by atoms with Gasteiger partial charge >= 0.3 is 5.97 Å². The summed E-state index contributed by atoms with van der Waals surface area (Å²) in [4.78, 5) is 22.4. The fourth-order valence-corrected chi connectivity index (χ4v) is 1.81. The molecule has 0 saturated carbocycles. The van der Waals surface area contributed by atoms with E-state index in [-0.39, 0.29) is 12.5 Å². The van der Waals surface area contributed by atoms with Gasteiger partial charge in [-0.05, 0) is 6.92 Å². The molecule has 0 spiro atoms. The van der Waals surface area contributed by atoms with Crippen LogP contribution in [-0.4, -0.2) is 36.5 Å². The minimum Gasteiger partial charge on any atom is -0.480 e. The highest BCUT2D eigenvalue weighted by atomic mass is 16.4. The predicted molar refractivity (Wildman–Crippen MR) is 69.0 cm³/mol. The Balaban J connectivity index is 1.96. The summed E-state index contributed by atoms with van der Waals surface area (Å²) >= 11 is 0. The van der Waals surface area contributed by atoms with Gasteiger partial charge in [0.2, 0.25) is 0 Å². The van der Waals surface area contributed by atoms with Crippen LogP contribution in [0.3, 0.4) is 0 Å². The maximum atomic E-state index is 11.9. The molecule has 0 bridgehead atoms. The second kappa shape index (κ2) is 5.55. The van der Waals surface area contributed by atoms with Crippen LogP contribution in [0.4, 0.5) is 0 Å². The van der Waals surface area contributed by atoms with Crippen molar-refractivity contribution >= 4 is 11.9 Å². The van der Waals surface area contributed by atoms with Gasteiger partial charge in [0.25, 0.3) is 5.91 Å². The molecule has 0 saturated heterocycles. The van der Waals surface area contributed by atoms with Crippen LogP contribution in [0.2, 0.25) is 0 Å². The molecule has 0 aliphatic heterocycles. The van der Waals surface area contributed by atoms with Gasteiger partial charge in [0.05, 0.1) is 17.5 Å². The number of aryl methyl sites for hydroxylation is 2. The Hall–Kier alpha value is -2.64. The highest BCUT2D eigenvalue weighted by Crippen LogP contribution is 2.05. The van der Waals surface area contributed by atoms with Gasteiger partial charge < -0.3 is 10.4 Å². The van der Waals surface area contributed by atoms with Crippen molar-refractivity contribution in [2.24, 2.45) is 7.05 Å². The summed E-state index contributed by atoms with van der Waals surface area (Å²) in [5, 5.41) is 19.4. The minimum absolute atomic E-state index is 0.269. The molecule has 0 fully saturated rings. The van der Waals surface area contributed by atoms with Gasteiger partial charge in [-0.25, -0.2) is 0 Å². The van der Waals surface area contributed by atoms with Crippen molar-refractivity contribution in [1.82, 2.24) is 24.9 Å². The Labute approximate surface area is 115 Å². The largest absolute Gasteiger partial charge is 0.480 e. The first-order chi connectivity index (χ1) is 9.45. The fraction of sp³-hybridized carbons (Fsp3) is 0.333. The third-order valence-corrected chi connectivity index (χ3v) is 2.75. The van der Waals surface area contributed by atoms with Gasteiger partial charge in [0, 0.05) is 31.5 Å². The molecule has 2 heterocycles. The van der Waals surface area contributed by atoms with E-state index in [2.05, 4.69) is 15.5 Å². The highest BCUT2D eigenvalue weighted by Gasteiger charge is 2.11. The summed E-state index contributed by atoms with van der Waals surface area (Å²) < 4.78 is 2.88. The standard InChI is InChI=1S/C12H15N5O3/c1-8-9(5-16(2)15-8)3-13-12(20)10-4-14-17(6-10)7-11(18)19/h4-6H,3,7H2,1-2H3,(H,13,20)(H,18,19). The maximum absolute atomic E-state index is 11.9. The molecule has 8 nitrogen and oxygen atoms in total. The number of carboxylic acids is 1. The number of amides is 1. The van der Waals surface area contributed by atoms with E-state index in [9.17, 15) is 9.59 Å². The molecule has 8 heteroatoms. The average molecular weight is 277 g/mol. The first kappa shape index (κ1) is 13.8. The molecule has 2 rings (SSSR count). The van der Waals surface area contributed by atoms with Crippen LogP contribution in [0.5, 0.6) is 0 Å². The van der Waals surface area contributed by atoms with Gasteiger partial charge in [-0.2, -0.15) is 10.2 Å². The van der Waals surface area contributed by atoms with Gasteiger partial charge in [0.15, 0.2) is 0 Å². The molecule has 0 aromatic carbocycles. The molecule has 0 atom stereocenters. The number of carbonyl (C=O) groups is 2. The van der Waals surface area contributed by atoms with E-state index >= 15 is 0 Å². The zero-order chi connectivity index (χ0) is 14.7. The first-order valence-electron chi connectivity index (χ1n) is 5.97. The average Bonchev–Trinajstić information content (AvgIpc) is 2.92. The lowest BCUT2D eigenvalue weighted by Crippen LogP contribution is -2.22. The van der Waals surface area contributed by atoms with E-state index < -0.39 is 5.97 Å². The topological polar surface area (TPSA) is 102 Å². The van der Waals surface area contributed by atoms with Crippen molar-refractivity contribution < 1.29 is 14.7 Å². The third-order valence-electron chi connectivity index (χ3n) is 2.75. The van der Waals surface area contributed by atoms with Crippen molar-refractivity contribution in [3.8, 4) is 0 Å². The molecule has 2 aromatic heterocycles. The zero-order valence-electron chi connectivity index (χ0n) is 11.2. The zero-order valence-corrected chi connectivity index (χ0v) is 11.2. The lowest BCUT2D eigenvalue weighted by molar-refractivity contribution is -0.137. The molecule has 0 radical (unpaired) electrons. The molecule has 2 aromatic rings. The summed E-state index contributed by atoms with van der Waals surface area (Å²) in [5.74, 6) is -1.31. The number of rotatable bonds is 5. The monoisotopic (exact) mass is 277 g/mol. The lowest BCUT2D eigenvalue weighted by atomic mass is 10.2. The first-order valence-corrected chi connectivity index (χ1v) is 5.97. The summed E-state index contributed by atoms with van der Waals surface area (Å²) in [6, 6.07) is 0. The lowest BCUT2D eigenvalue weighted by Gasteiger charge is -2.01. The van der Waals surface area contributed by atoms with Gasteiger partial charge in [0.1, 0.15) is 6.54 Å². The second-order valence-electron chi connectivity index (χ2n) is 4.42. The summed E-state index contributed by atoms with van der Waals surface area (Å²) in [6.07, 6.45) is 4.58. The Morgan fingerprint density at radius 1 is 1.40 bits per heavy atom. The van der Waals surface area contributed by atoms with E-state index in [1.165, 1.54) is 17.1 Å². The van der Waals surface area contributed by atoms with Gasteiger partial charge in [-0.3, -0.25) is 19.0 Å². The number of nitrogens with one attached hydrogen (secondary N) is 1. The summed E-state index contributed by atoms with van der Waals surface area (Å²) in [5.41, 5.74) is 2.11. The molecule has 1 amide bonds. The second-order valence-corrected chi connectivity index (χ2v) is 4.42. The van der Waals surface area contributed by atoms with E-state index in [0.717, 1.165) is 11.3 Å². The SMILES string of the molecule is Cc1nn(C)cc1CNC(=O)c1cnn(CC(=O)O)c1. The van der Waals surface area contributed by atoms with Crippen LogP contribution >= 0.6 is 0 Å². The Morgan fingerprint density at radius 3 is 2.75 bits per heavy atom. The van der Waals surface area contributed by atoms with Crippen molar-refractivity contribution in [2.75, 3.05) is 0 Å². The molecule has 106 valence electrons. The Morgan fingerprint density at radius 2 is 2.15 bits per heavy atom. The quantitative estimate of drug-likeness (QED) is 0.797. The van der Waals surface area contributed by atoms with Crippen LogP contribution in [0, 0.1) is 6.92 Å². The molecular weight excluding hydrogens is 262 g/mol. The fourth-order valence-electron chi connectivity index (χ4n) is 1.81. The number of hydrogen-bond acceptors (Lipinski definition) is 4. The van der Waals surface area contributed by atoms with Gasteiger partial charge in [-0.1, -0.05) is 0 Å². The van der Waals surface area contributed by atoms with Crippen LogP contribution in [0.1, 0.15) is 21.6 Å². The normalized spacial score (nSPS) is 10.5. The van der Waals surface area contributed by atoms with E-state index in [1.54, 1.807) is 4.68 Å². The number of carbonyl (C=O) groups excluding carboxylic acids is 1. The van der Waals surface area contributed by atoms with Crippen molar-refractivity contribution in [2.45, 2.75) is 20.0 Å². The number of aliphatic carboxylic acids is 1. The molecule has 2 N–H and O–H groups in total. The summed E-state index contributed by atoms with van der Waals surface area (Å²) in [7, 11) is 1.81. The van der Waals surface area contributed by atoms with Crippen molar-refractivity contribution in [3.63, 3.8) is 0 Å². The molecule has 0 unspecified atom stereocenters. The molecular formula is C12H15N5O3. The molecule has 0 aliphatic rings. The predicted octanol–water partition coefficient (Wildman–Crippen LogP) is -0.0604. The van der Waals surface area contributed by atoms with E-state index in [0.29, 0.717) is 12.1 Å². The van der Waals surface area contributed by atoms with Crippen molar-refractivity contribution in [3.05, 3.63) is 35.4 Å². The van der Waals surface area contributed by atoms with Crippen LogP contribution in [0.25, 0.3) is 0 Å². The van der Waals surface area contributed by atoms with Crippen molar-refractivity contribution in [1.29, 1.82) is 0 Å². The number of nitrogens with zero attached hydrogens (tertiary/aromatic N) is 4. The molecule has 20 heavy (non-hydrogen) atoms. The van der Waals surface area contributed by atoms with Crippen LogP contribution < -0.4 is 5.32 Å². The highest BCUT2D eigenvalue weighted by molar-refractivity contribution is 5.93. The number of carboxylic acid groups (broad SMARTS) is 1. The van der Waals surface area contributed by atoms with Crippen LogP contribution in [0.15, 0.2) is 18.6 Å². The summed E-state index contributed by atoms with van der Waals surface area (Å²) in [6.45, 7) is 1.96. The number of aromatic nitrogens is 4. The maximum Gasteiger partial charge on any atom is 0.325 e. The Bertz CT molecular complexity index is 643. The third kappa shape index (κ3) is 3.22. The van der Waals surface area contributed by atoms with Crippen LogP contribution in [-0.2, 0) is 24.9 Å². The minimum atomic E-state index is -1.01. The number of hydrogen-bond donors (Lipinski definition) is 2. The smallest absolute Gasteiger partial charge is 0.325 e. The van der Waals surface area contributed by atoms with E-state index in [4.69, 9.17) is 5.11 Å². The van der Waals surface area contributed by atoms with Gasteiger partial charge in [-0.15, -0.1) is 0 Å². The van der Waals surface area contributed by atoms with E-state index in [1.807, 2.05) is 20.2 Å².